The topological polar surface area (TPSA) is 89.5 Å². The van der Waals surface area contributed by atoms with Crippen molar-refractivity contribution in [1.29, 1.82) is 0 Å². The lowest BCUT2D eigenvalue weighted by atomic mass is 9.86. The number of pyridine rings is 1. The first kappa shape index (κ1) is 30.1. The zero-order valence-corrected chi connectivity index (χ0v) is 25.5. The molecular weight excluding hydrogens is 595 g/mol. The number of hydrogen-bond donors (Lipinski definition) is 1. The van der Waals surface area contributed by atoms with E-state index >= 15 is 0 Å². The molecule has 0 spiro atoms. The van der Waals surface area contributed by atoms with Crippen molar-refractivity contribution in [1.82, 2.24) is 19.4 Å². The average molecular weight is 628 g/mol. The van der Waals surface area contributed by atoms with Crippen molar-refractivity contribution in [3.05, 3.63) is 87.1 Å². The Morgan fingerprint density at radius 2 is 1.81 bits per heavy atom. The molecule has 8 nitrogen and oxygen atoms in total. The van der Waals surface area contributed by atoms with E-state index in [4.69, 9.17) is 14.5 Å². The van der Waals surface area contributed by atoms with Crippen LogP contribution in [0.1, 0.15) is 24.3 Å². The normalized spacial score (nSPS) is 17.6. The van der Waals surface area contributed by atoms with Gasteiger partial charge in [-0.05, 0) is 43.7 Å². The van der Waals surface area contributed by atoms with Crippen molar-refractivity contribution < 1.29 is 9.47 Å². The van der Waals surface area contributed by atoms with E-state index in [-0.39, 0.29) is 36.1 Å². The predicted octanol–water partition coefficient (Wildman–Crippen LogP) is 5.71. The third kappa shape index (κ3) is 5.30. The number of hydrogen-bond acceptors (Lipinski definition) is 7. The lowest BCUT2D eigenvalue weighted by Crippen LogP contribution is -2.34. The molecule has 0 unspecified atom stereocenters. The van der Waals surface area contributed by atoms with Crippen molar-refractivity contribution in [2.75, 3.05) is 33.4 Å². The van der Waals surface area contributed by atoms with Crippen LogP contribution in [-0.4, -0.2) is 52.8 Å². The quantitative estimate of drug-likeness (QED) is 0.233. The Kier molecular flexibility index (Phi) is 8.94. The second-order valence-electron chi connectivity index (χ2n) is 10.6. The van der Waals surface area contributed by atoms with E-state index in [2.05, 4.69) is 9.88 Å². The van der Waals surface area contributed by atoms with Gasteiger partial charge in [-0.3, -0.25) is 9.36 Å². The van der Waals surface area contributed by atoms with E-state index in [0.717, 1.165) is 66.5 Å². The number of H-pyrrole nitrogens is 1. The molecule has 7 rings (SSSR count). The van der Waals surface area contributed by atoms with E-state index in [9.17, 15) is 9.59 Å². The molecule has 1 saturated heterocycles. The summed E-state index contributed by atoms with van der Waals surface area (Å²) in [7, 11) is 1.71. The largest absolute Gasteiger partial charge is 0.496 e. The third-order valence-corrected chi connectivity index (χ3v) is 9.34. The van der Waals surface area contributed by atoms with Gasteiger partial charge in [-0.2, -0.15) is 0 Å². The molecular formula is C31H32Cl2N4O4S. The molecule has 0 radical (unpaired) electrons. The number of aromatic nitrogens is 3. The molecule has 2 aliphatic heterocycles. The highest BCUT2D eigenvalue weighted by Crippen LogP contribution is 2.46. The van der Waals surface area contributed by atoms with E-state index in [1.165, 1.54) is 21.5 Å². The summed E-state index contributed by atoms with van der Waals surface area (Å²) in [6.45, 7) is 3.98. The zero-order chi connectivity index (χ0) is 27.2. The molecule has 2 aromatic carbocycles. The van der Waals surface area contributed by atoms with Crippen LogP contribution >= 0.6 is 36.2 Å². The van der Waals surface area contributed by atoms with Gasteiger partial charge in [-0.25, -0.2) is 9.78 Å². The molecule has 220 valence electrons. The average Bonchev–Trinajstić information content (AvgIpc) is 3.58. The van der Waals surface area contributed by atoms with Crippen molar-refractivity contribution in [2.45, 2.75) is 25.3 Å². The second-order valence-corrected chi connectivity index (χ2v) is 11.7. The Bertz CT molecular complexity index is 1820. The lowest BCUT2D eigenvalue weighted by Gasteiger charge is -2.29. The number of nitrogens with one attached hydrogen (secondary N) is 1. The van der Waals surface area contributed by atoms with Crippen LogP contribution in [0.4, 0.5) is 0 Å². The Balaban J connectivity index is 0.00000176. The highest BCUT2D eigenvalue weighted by atomic mass is 35.5. The summed E-state index contributed by atoms with van der Waals surface area (Å²) in [5.74, 6) is 2.68. The Morgan fingerprint density at radius 1 is 1.00 bits per heavy atom. The number of benzene rings is 2. The first-order chi connectivity index (χ1) is 19.6. The smallest absolute Gasteiger partial charge is 0.328 e. The minimum atomic E-state index is -0.378. The van der Waals surface area contributed by atoms with Crippen molar-refractivity contribution in [2.24, 2.45) is 5.92 Å². The number of nitrogens with zero attached hydrogens (tertiary/aromatic N) is 3. The van der Waals surface area contributed by atoms with Gasteiger partial charge in [-0.15, -0.1) is 36.2 Å². The maximum atomic E-state index is 13.4. The van der Waals surface area contributed by atoms with Gasteiger partial charge in [0.25, 0.3) is 5.56 Å². The van der Waals surface area contributed by atoms with Crippen LogP contribution in [0.15, 0.2) is 70.3 Å². The summed E-state index contributed by atoms with van der Waals surface area (Å²) in [6, 6.07) is 19.8. The summed E-state index contributed by atoms with van der Waals surface area (Å²) >= 11 is 1.39. The fraction of sp³-hybridized carbons (Fsp3) is 0.323. The molecule has 1 N–H and O–H groups in total. The van der Waals surface area contributed by atoms with Crippen LogP contribution in [0.5, 0.6) is 11.5 Å². The minimum absolute atomic E-state index is 0. The van der Waals surface area contributed by atoms with Crippen molar-refractivity contribution in [3.63, 3.8) is 0 Å². The number of methoxy groups -OCH3 is 1. The molecule has 3 aromatic heterocycles. The van der Waals surface area contributed by atoms with Gasteiger partial charge >= 0.3 is 5.69 Å². The number of thiophene rings is 1. The number of fused-ring (bicyclic) bond motifs is 6. The summed E-state index contributed by atoms with van der Waals surface area (Å²) < 4.78 is 14.4. The maximum Gasteiger partial charge on any atom is 0.328 e. The number of aromatic amines is 1. The molecule has 2 atom stereocenters. The van der Waals surface area contributed by atoms with Crippen LogP contribution < -0.4 is 20.7 Å². The molecule has 0 saturated carbocycles. The van der Waals surface area contributed by atoms with Gasteiger partial charge in [0.2, 0.25) is 0 Å². The lowest BCUT2D eigenvalue weighted by molar-refractivity contribution is 0.209. The van der Waals surface area contributed by atoms with Crippen molar-refractivity contribution in [3.8, 4) is 22.8 Å². The Morgan fingerprint density at radius 3 is 2.62 bits per heavy atom. The van der Waals surface area contributed by atoms with Gasteiger partial charge in [-0.1, -0.05) is 36.4 Å². The molecule has 42 heavy (non-hydrogen) atoms. The number of likely N-dealkylation sites (tertiary alicyclic amines) is 1. The third-order valence-electron chi connectivity index (χ3n) is 8.21. The summed E-state index contributed by atoms with van der Waals surface area (Å²) in [5.41, 5.74) is 3.57. The predicted molar refractivity (Wildman–Crippen MR) is 172 cm³/mol. The highest BCUT2D eigenvalue weighted by molar-refractivity contribution is 7.25. The number of ether oxygens (including phenoxy) is 2. The maximum absolute atomic E-state index is 13.4. The van der Waals surface area contributed by atoms with Gasteiger partial charge in [0.1, 0.15) is 21.7 Å². The molecule has 0 aliphatic carbocycles. The van der Waals surface area contributed by atoms with E-state index in [0.29, 0.717) is 34.1 Å². The number of halogens is 2. The van der Waals surface area contributed by atoms with Crippen LogP contribution in [-0.2, 0) is 6.54 Å². The minimum Gasteiger partial charge on any atom is -0.496 e. The SMILES string of the molecule is COc1cccc2c1[C@@H]1CN(CCCCn3c(=O)[nH]c4c(sc5ccc(-c6ccccc6)nc54)c3=O)C[C@H]1CO2.Cl.Cl. The fourth-order valence-corrected chi connectivity index (χ4v) is 7.29. The highest BCUT2D eigenvalue weighted by Gasteiger charge is 2.40. The monoisotopic (exact) mass is 626 g/mol. The first-order valence-electron chi connectivity index (χ1n) is 13.7. The zero-order valence-electron chi connectivity index (χ0n) is 23.1. The summed E-state index contributed by atoms with van der Waals surface area (Å²) in [6.07, 6.45) is 1.65. The van der Waals surface area contributed by atoms with Gasteiger partial charge in [0.05, 0.1) is 29.6 Å². The Labute approximate surface area is 259 Å². The summed E-state index contributed by atoms with van der Waals surface area (Å²) in [5, 5.41) is 0. The van der Waals surface area contributed by atoms with Gasteiger partial charge in [0, 0.05) is 42.6 Å². The summed E-state index contributed by atoms with van der Waals surface area (Å²) in [4.78, 5) is 36.6. The van der Waals surface area contributed by atoms with E-state index in [1.807, 2.05) is 60.7 Å². The second kappa shape index (κ2) is 12.5. The molecule has 5 aromatic rings. The molecule has 0 amide bonds. The molecule has 0 bridgehead atoms. The number of unbranched alkanes of at least 4 members (excludes halogenated alkanes) is 1. The van der Waals surface area contributed by atoms with E-state index < -0.39 is 0 Å². The number of rotatable bonds is 7. The van der Waals surface area contributed by atoms with Crippen molar-refractivity contribution >= 4 is 56.6 Å². The fourth-order valence-electron chi connectivity index (χ4n) is 6.24. The van der Waals surface area contributed by atoms with Crippen LogP contribution in [0.3, 0.4) is 0 Å². The molecule has 1 fully saturated rings. The molecule has 2 aliphatic rings. The Hall–Kier alpha value is -3.37. The van der Waals surface area contributed by atoms with Gasteiger partial charge in [0.15, 0.2) is 0 Å². The standard InChI is InChI=1S/C31H30N4O4S.2ClH/c1-38-23-10-7-11-24-26(23)21-17-34(16-20(21)18-39-24)14-5-6-15-35-30(36)29-28(33-31(35)37)27-25(40-29)13-12-22(32-27)19-8-3-2-4-9-19;;/h2-4,7-13,20-21H,5-6,14-18H2,1H3,(H,33,37);2*1H/t20-,21+;;/m0../s1. The van der Waals surface area contributed by atoms with E-state index in [1.54, 1.807) is 7.11 Å². The molecule has 11 heteroatoms. The van der Waals surface area contributed by atoms with Gasteiger partial charge < -0.3 is 19.4 Å². The van der Waals surface area contributed by atoms with Crippen LogP contribution in [0.2, 0.25) is 0 Å². The molecule has 5 heterocycles. The van der Waals surface area contributed by atoms with Crippen LogP contribution in [0.25, 0.3) is 31.7 Å². The first-order valence-corrected chi connectivity index (χ1v) is 14.6. The van der Waals surface area contributed by atoms with Crippen LogP contribution in [0, 0.1) is 5.92 Å².